The number of aryl methyl sites for hydroxylation is 1. The average molecular weight is 299 g/mol. The molecule has 0 N–H and O–H groups in total. The van der Waals surface area contributed by atoms with Crippen LogP contribution in [0.2, 0.25) is 0 Å². The van der Waals surface area contributed by atoms with E-state index in [4.69, 9.17) is 4.74 Å². The number of fused-ring (bicyclic) bond motifs is 1. The highest BCUT2D eigenvalue weighted by atomic mass is 16.5. The third kappa shape index (κ3) is 2.65. The monoisotopic (exact) mass is 299 g/mol. The van der Waals surface area contributed by atoms with Gasteiger partial charge in [0.25, 0.3) is 0 Å². The number of rotatable bonds is 1. The van der Waals surface area contributed by atoms with Crippen LogP contribution in [-0.4, -0.2) is 35.3 Å². The van der Waals surface area contributed by atoms with Crippen molar-refractivity contribution < 1.29 is 14.3 Å². The van der Waals surface area contributed by atoms with Gasteiger partial charge < -0.3 is 9.64 Å². The number of ether oxygens (including phenoxy) is 1. The summed E-state index contributed by atoms with van der Waals surface area (Å²) in [4.78, 5) is 26.2. The van der Waals surface area contributed by atoms with E-state index in [2.05, 4.69) is 0 Å². The Morgan fingerprint density at radius 1 is 1.32 bits per heavy atom. The second-order valence-electron chi connectivity index (χ2n) is 6.21. The van der Waals surface area contributed by atoms with Crippen molar-refractivity contribution in [1.82, 2.24) is 4.90 Å². The van der Waals surface area contributed by atoms with Crippen molar-refractivity contribution in [3.05, 3.63) is 41.5 Å². The standard InChI is InChI=1S/C18H21NO3/c1-3-4-17(21)19-9-7-18(8-10-19)12-15(20)14-11-13(2)5-6-16(14)22-18/h3-6,11H,7-10,12H2,1-2H3/b4-3+. The topological polar surface area (TPSA) is 46.6 Å². The zero-order chi connectivity index (χ0) is 15.7. The number of likely N-dealkylation sites (tertiary alicyclic amines) is 1. The molecular formula is C18H21NO3. The van der Waals surface area contributed by atoms with Crippen molar-refractivity contribution in [2.45, 2.75) is 38.7 Å². The maximum atomic E-state index is 12.5. The number of carbonyl (C=O) groups is 2. The Labute approximate surface area is 130 Å². The number of amides is 1. The molecule has 0 aromatic heterocycles. The summed E-state index contributed by atoms with van der Waals surface area (Å²) in [6.07, 6.45) is 5.16. The van der Waals surface area contributed by atoms with Gasteiger partial charge in [-0.05, 0) is 32.1 Å². The minimum atomic E-state index is -0.438. The van der Waals surface area contributed by atoms with Crippen LogP contribution in [0.25, 0.3) is 0 Å². The van der Waals surface area contributed by atoms with Crippen LogP contribution < -0.4 is 4.74 Å². The molecule has 22 heavy (non-hydrogen) atoms. The Bertz CT molecular complexity index is 640. The first-order valence-corrected chi connectivity index (χ1v) is 7.77. The molecule has 0 radical (unpaired) electrons. The summed E-state index contributed by atoms with van der Waals surface area (Å²) in [6.45, 7) is 5.09. The third-order valence-electron chi connectivity index (χ3n) is 4.54. The summed E-state index contributed by atoms with van der Waals surface area (Å²) >= 11 is 0. The number of allylic oxidation sites excluding steroid dienone is 1. The van der Waals surface area contributed by atoms with Crippen molar-refractivity contribution in [2.75, 3.05) is 13.1 Å². The summed E-state index contributed by atoms with van der Waals surface area (Å²) < 4.78 is 6.20. The van der Waals surface area contributed by atoms with Crippen molar-refractivity contribution in [2.24, 2.45) is 0 Å². The molecule has 0 bridgehead atoms. The van der Waals surface area contributed by atoms with Gasteiger partial charge in [0.1, 0.15) is 11.4 Å². The number of nitrogens with zero attached hydrogens (tertiary/aromatic N) is 1. The number of ketones is 1. The van der Waals surface area contributed by atoms with E-state index in [0.717, 1.165) is 5.56 Å². The van der Waals surface area contributed by atoms with Gasteiger partial charge in [-0.2, -0.15) is 0 Å². The van der Waals surface area contributed by atoms with Gasteiger partial charge in [-0.15, -0.1) is 0 Å². The molecule has 4 heteroatoms. The minimum absolute atomic E-state index is 0.0375. The molecule has 0 aliphatic carbocycles. The first kappa shape index (κ1) is 14.8. The summed E-state index contributed by atoms with van der Waals surface area (Å²) in [5, 5.41) is 0. The molecule has 0 unspecified atom stereocenters. The van der Waals surface area contributed by atoms with E-state index >= 15 is 0 Å². The first-order valence-electron chi connectivity index (χ1n) is 7.77. The fourth-order valence-electron chi connectivity index (χ4n) is 3.27. The second-order valence-corrected chi connectivity index (χ2v) is 6.21. The van der Waals surface area contributed by atoms with Gasteiger partial charge in [0.15, 0.2) is 5.78 Å². The lowest BCUT2D eigenvalue weighted by atomic mass is 9.82. The number of piperidine rings is 1. The fraction of sp³-hybridized carbons (Fsp3) is 0.444. The van der Waals surface area contributed by atoms with Gasteiger partial charge >= 0.3 is 0 Å². The first-order chi connectivity index (χ1) is 10.5. The quantitative estimate of drug-likeness (QED) is 0.749. The molecule has 1 aromatic rings. The Morgan fingerprint density at radius 2 is 2.05 bits per heavy atom. The van der Waals surface area contributed by atoms with E-state index in [1.807, 2.05) is 36.9 Å². The molecule has 0 atom stereocenters. The van der Waals surface area contributed by atoms with Crippen LogP contribution in [0, 0.1) is 6.92 Å². The van der Waals surface area contributed by atoms with Crippen LogP contribution in [0.15, 0.2) is 30.4 Å². The Kier molecular flexibility index (Phi) is 3.77. The zero-order valence-corrected chi connectivity index (χ0v) is 13.1. The predicted octanol–water partition coefficient (Wildman–Crippen LogP) is 2.90. The van der Waals surface area contributed by atoms with Crippen molar-refractivity contribution in [1.29, 1.82) is 0 Å². The zero-order valence-electron chi connectivity index (χ0n) is 13.1. The van der Waals surface area contributed by atoms with E-state index in [9.17, 15) is 9.59 Å². The molecule has 0 saturated carbocycles. The number of hydrogen-bond donors (Lipinski definition) is 0. The average Bonchev–Trinajstić information content (AvgIpc) is 2.49. The third-order valence-corrected chi connectivity index (χ3v) is 4.54. The van der Waals surface area contributed by atoms with E-state index in [1.165, 1.54) is 0 Å². The molecule has 1 spiro atoms. The van der Waals surface area contributed by atoms with Crippen LogP contribution in [0.5, 0.6) is 5.75 Å². The van der Waals surface area contributed by atoms with E-state index < -0.39 is 5.60 Å². The number of benzene rings is 1. The molecule has 2 aliphatic heterocycles. The summed E-state index contributed by atoms with van der Waals surface area (Å²) in [5.41, 5.74) is 1.32. The molecule has 1 amide bonds. The van der Waals surface area contributed by atoms with Crippen LogP contribution in [-0.2, 0) is 4.79 Å². The highest BCUT2D eigenvalue weighted by molar-refractivity contribution is 6.00. The van der Waals surface area contributed by atoms with Crippen molar-refractivity contribution in [3.8, 4) is 5.75 Å². The highest BCUT2D eigenvalue weighted by Gasteiger charge is 2.43. The Hall–Kier alpha value is -2.10. The van der Waals surface area contributed by atoms with Crippen molar-refractivity contribution in [3.63, 3.8) is 0 Å². The fourth-order valence-corrected chi connectivity index (χ4v) is 3.27. The molecule has 116 valence electrons. The normalized spacial score (nSPS) is 20.1. The predicted molar refractivity (Wildman–Crippen MR) is 84.1 cm³/mol. The van der Waals surface area contributed by atoms with Gasteiger partial charge in [-0.3, -0.25) is 9.59 Å². The summed E-state index contributed by atoms with van der Waals surface area (Å²) in [7, 11) is 0. The van der Waals surface area contributed by atoms with Crippen LogP contribution in [0.4, 0.5) is 0 Å². The number of hydrogen-bond acceptors (Lipinski definition) is 3. The molecule has 3 rings (SSSR count). The lowest BCUT2D eigenvalue weighted by Crippen LogP contribution is -2.52. The van der Waals surface area contributed by atoms with Gasteiger partial charge in [0, 0.05) is 25.9 Å². The summed E-state index contributed by atoms with van der Waals surface area (Å²) in [5.74, 6) is 0.878. The van der Waals surface area contributed by atoms with E-state index in [-0.39, 0.29) is 11.7 Å². The smallest absolute Gasteiger partial charge is 0.246 e. The maximum absolute atomic E-state index is 12.5. The van der Waals surface area contributed by atoms with Gasteiger partial charge in [-0.25, -0.2) is 0 Å². The SMILES string of the molecule is C/C=C/C(=O)N1CCC2(CC1)CC(=O)c1cc(C)ccc1O2. The largest absolute Gasteiger partial charge is 0.486 e. The molecule has 4 nitrogen and oxygen atoms in total. The molecule has 2 heterocycles. The second kappa shape index (κ2) is 5.59. The molecule has 2 aliphatic rings. The number of Topliss-reactive ketones (excluding diaryl/α,β-unsaturated/α-hetero) is 1. The lowest BCUT2D eigenvalue weighted by molar-refractivity contribution is -0.129. The molecule has 1 fully saturated rings. The minimum Gasteiger partial charge on any atom is -0.486 e. The van der Waals surface area contributed by atoms with Crippen molar-refractivity contribution >= 4 is 11.7 Å². The Morgan fingerprint density at radius 3 is 2.73 bits per heavy atom. The lowest BCUT2D eigenvalue weighted by Gasteiger charge is -2.43. The molecular weight excluding hydrogens is 278 g/mol. The Balaban J connectivity index is 1.76. The molecule has 1 aromatic carbocycles. The molecule has 1 saturated heterocycles. The maximum Gasteiger partial charge on any atom is 0.246 e. The van der Waals surface area contributed by atoms with E-state index in [0.29, 0.717) is 43.7 Å². The van der Waals surface area contributed by atoms with Gasteiger partial charge in [0.05, 0.1) is 12.0 Å². The van der Waals surface area contributed by atoms with Crippen LogP contribution in [0.3, 0.4) is 0 Å². The number of carbonyl (C=O) groups excluding carboxylic acids is 2. The van der Waals surface area contributed by atoms with Gasteiger partial charge in [-0.1, -0.05) is 17.7 Å². The summed E-state index contributed by atoms with van der Waals surface area (Å²) in [6, 6.07) is 5.76. The van der Waals surface area contributed by atoms with Crippen LogP contribution in [0.1, 0.15) is 42.1 Å². The van der Waals surface area contributed by atoms with E-state index in [1.54, 1.807) is 12.2 Å². The highest BCUT2D eigenvalue weighted by Crippen LogP contribution is 2.39. The van der Waals surface area contributed by atoms with Crippen LogP contribution >= 0.6 is 0 Å². The van der Waals surface area contributed by atoms with Gasteiger partial charge in [0.2, 0.25) is 5.91 Å².